The molecule has 4 rings (SSSR count). The molecule has 0 aliphatic carbocycles. The van der Waals surface area contributed by atoms with Gasteiger partial charge in [-0.15, -0.1) is 0 Å². The first-order chi connectivity index (χ1) is 15.2. The highest BCUT2D eigenvalue weighted by Gasteiger charge is 2.33. The summed E-state index contributed by atoms with van der Waals surface area (Å²) in [6, 6.07) is 30.5. The Morgan fingerprint density at radius 1 is 0.871 bits per heavy atom. The number of piperidine rings is 1. The summed E-state index contributed by atoms with van der Waals surface area (Å²) in [6.07, 6.45) is 2.51. The van der Waals surface area contributed by atoms with Crippen molar-refractivity contribution in [1.82, 2.24) is 4.90 Å². The van der Waals surface area contributed by atoms with Crippen LogP contribution in [0.25, 0.3) is 0 Å². The number of nitrogens with zero attached hydrogens (tertiary/aromatic N) is 1. The van der Waals surface area contributed by atoms with Crippen LogP contribution in [0, 0.1) is 0 Å². The van der Waals surface area contributed by atoms with Gasteiger partial charge in [-0.05, 0) is 55.5 Å². The molecule has 1 aliphatic rings. The van der Waals surface area contributed by atoms with Crippen LogP contribution in [0.3, 0.4) is 0 Å². The molecule has 0 N–H and O–H groups in total. The van der Waals surface area contributed by atoms with Crippen molar-refractivity contribution in [3.8, 4) is 5.75 Å². The molecular weight excluding hydrogens is 382 g/mol. The predicted molar refractivity (Wildman–Crippen MR) is 126 cm³/mol. The average molecular weight is 416 g/mol. The van der Waals surface area contributed by atoms with Gasteiger partial charge < -0.3 is 9.47 Å². The van der Waals surface area contributed by atoms with Crippen molar-refractivity contribution in [2.24, 2.45) is 0 Å². The Morgan fingerprint density at radius 3 is 2.23 bits per heavy atom. The molecule has 2 unspecified atom stereocenters. The van der Waals surface area contributed by atoms with Crippen LogP contribution in [0.15, 0.2) is 84.9 Å². The quantitative estimate of drug-likeness (QED) is 0.415. The van der Waals surface area contributed by atoms with Gasteiger partial charge >= 0.3 is 0 Å². The van der Waals surface area contributed by atoms with E-state index >= 15 is 0 Å². The molecule has 0 bridgehead atoms. The maximum Gasteiger partial charge on any atom is 0.119 e. The lowest BCUT2D eigenvalue weighted by molar-refractivity contribution is -0.0303. The summed E-state index contributed by atoms with van der Waals surface area (Å²) in [5, 5.41) is 0. The highest BCUT2D eigenvalue weighted by atomic mass is 16.5. The van der Waals surface area contributed by atoms with E-state index in [1.807, 2.05) is 18.2 Å². The normalized spacial score (nSPS) is 20.3. The summed E-state index contributed by atoms with van der Waals surface area (Å²) in [5.74, 6) is 0.915. The number of ether oxygens (including phenoxy) is 2. The largest absolute Gasteiger partial charge is 0.489 e. The van der Waals surface area contributed by atoms with Crippen LogP contribution in [0.5, 0.6) is 5.75 Å². The van der Waals surface area contributed by atoms with Crippen molar-refractivity contribution in [3.63, 3.8) is 0 Å². The fraction of sp³-hybridized carbons (Fsp3) is 0.357. The molecule has 0 spiro atoms. The van der Waals surface area contributed by atoms with Crippen molar-refractivity contribution >= 4 is 0 Å². The van der Waals surface area contributed by atoms with Crippen LogP contribution in [-0.4, -0.2) is 24.2 Å². The summed E-state index contributed by atoms with van der Waals surface area (Å²) in [6.45, 7) is 6.73. The maximum absolute atomic E-state index is 6.01. The van der Waals surface area contributed by atoms with E-state index in [9.17, 15) is 0 Å². The number of hydrogen-bond acceptors (Lipinski definition) is 3. The highest BCUT2D eigenvalue weighted by molar-refractivity contribution is 5.31. The molecule has 31 heavy (non-hydrogen) atoms. The Kier molecular flexibility index (Phi) is 7.39. The van der Waals surface area contributed by atoms with Crippen LogP contribution in [-0.2, 0) is 11.3 Å². The van der Waals surface area contributed by atoms with Gasteiger partial charge in [0.1, 0.15) is 12.4 Å². The zero-order chi connectivity index (χ0) is 21.5. The van der Waals surface area contributed by atoms with Crippen molar-refractivity contribution in [2.45, 2.75) is 51.5 Å². The van der Waals surface area contributed by atoms with Crippen molar-refractivity contribution in [3.05, 3.63) is 102 Å². The lowest BCUT2D eigenvalue weighted by Gasteiger charge is -2.43. The molecule has 1 aliphatic heterocycles. The third kappa shape index (κ3) is 5.55. The molecule has 0 aromatic heterocycles. The Bertz CT molecular complexity index is 911. The molecule has 1 fully saturated rings. The van der Waals surface area contributed by atoms with E-state index in [0.717, 1.165) is 31.7 Å². The van der Waals surface area contributed by atoms with Gasteiger partial charge in [0.25, 0.3) is 0 Å². The first-order valence-electron chi connectivity index (χ1n) is 11.4. The summed E-state index contributed by atoms with van der Waals surface area (Å²) in [7, 11) is 0. The second-order valence-electron chi connectivity index (χ2n) is 8.30. The van der Waals surface area contributed by atoms with Gasteiger partial charge in [-0.3, -0.25) is 4.90 Å². The lowest BCUT2D eigenvalue weighted by atomic mass is 9.91. The molecule has 3 atom stereocenters. The molecule has 3 nitrogen and oxygen atoms in total. The molecule has 3 heteroatoms. The predicted octanol–water partition coefficient (Wildman–Crippen LogP) is 6.57. The fourth-order valence-electron chi connectivity index (χ4n) is 4.57. The minimum absolute atomic E-state index is 0.306. The van der Waals surface area contributed by atoms with E-state index in [-0.39, 0.29) is 0 Å². The minimum Gasteiger partial charge on any atom is -0.489 e. The summed E-state index contributed by atoms with van der Waals surface area (Å²) < 4.78 is 12.0. The van der Waals surface area contributed by atoms with Crippen molar-refractivity contribution < 1.29 is 9.47 Å². The minimum atomic E-state index is 0.306. The fourth-order valence-corrected chi connectivity index (χ4v) is 4.57. The highest BCUT2D eigenvalue weighted by Crippen LogP contribution is 2.38. The van der Waals surface area contributed by atoms with Crippen LogP contribution in [0.4, 0.5) is 0 Å². The Hall–Kier alpha value is -2.62. The summed E-state index contributed by atoms with van der Waals surface area (Å²) in [4.78, 5) is 2.61. The van der Waals surface area contributed by atoms with Gasteiger partial charge in [0, 0.05) is 25.2 Å². The van der Waals surface area contributed by atoms with Gasteiger partial charge in [-0.25, -0.2) is 0 Å². The zero-order valence-electron chi connectivity index (χ0n) is 18.6. The molecule has 0 amide bonds. The number of benzene rings is 3. The first kappa shape index (κ1) is 21.6. The van der Waals surface area contributed by atoms with Gasteiger partial charge in [-0.1, -0.05) is 72.8 Å². The second-order valence-corrected chi connectivity index (χ2v) is 8.30. The van der Waals surface area contributed by atoms with E-state index in [1.54, 1.807) is 0 Å². The standard InChI is InChI=1S/C28H33NO2/c1-3-30-27-18-19-28(29(20-27)22(2)24-12-8-5-9-13-24)25-14-16-26(17-15-25)31-21-23-10-6-4-7-11-23/h4-17,22,27-28H,3,18-21H2,1-2H3/t22-,27?,28?/m1/s1. The number of likely N-dealkylation sites (tertiary alicyclic amines) is 1. The van der Waals surface area contributed by atoms with Crippen molar-refractivity contribution in [2.75, 3.05) is 13.2 Å². The third-order valence-corrected chi connectivity index (χ3v) is 6.27. The first-order valence-corrected chi connectivity index (χ1v) is 11.4. The van der Waals surface area contributed by atoms with Crippen LogP contribution in [0.1, 0.15) is 55.5 Å². The average Bonchev–Trinajstić information content (AvgIpc) is 2.84. The smallest absolute Gasteiger partial charge is 0.119 e. The molecule has 1 saturated heterocycles. The van der Waals surface area contributed by atoms with E-state index < -0.39 is 0 Å². The van der Waals surface area contributed by atoms with Crippen LogP contribution in [0.2, 0.25) is 0 Å². The lowest BCUT2D eigenvalue weighted by Crippen LogP contribution is -2.43. The van der Waals surface area contributed by atoms with E-state index in [4.69, 9.17) is 9.47 Å². The molecule has 3 aromatic carbocycles. The molecule has 162 valence electrons. The Labute approximate surface area is 186 Å². The molecule has 1 heterocycles. The Balaban J connectivity index is 1.48. The zero-order valence-corrected chi connectivity index (χ0v) is 18.6. The number of hydrogen-bond donors (Lipinski definition) is 0. The van der Waals surface area contributed by atoms with Gasteiger partial charge in [0.2, 0.25) is 0 Å². The third-order valence-electron chi connectivity index (χ3n) is 6.27. The monoisotopic (exact) mass is 415 g/mol. The van der Waals surface area contributed by atoms with E-state index in [2.05, 4.69) is 85.5 Å². The summed E-state index contributed by atoms with van der Waals surface area (Å²) in [5.41, 5.74) is 3.89. The van der Waals surface area contributed by atoms with Crippen LogP contribution < -0.4 is 4.74 Å². The molecule has 3 aromatic rings. The number of rotatable bonds is 8. The van der Waals surface area contributed by atoms with Gasteiger partial charge in [0.05, 0.1) is 6.10 Å². The molecule has 0 radical (unpaired) electrons. The van der Waals surface area contributed by atoms with Gasteiger partial charge in [0.15, 0.2) is 0 Å². The van der Waals surface area contributed by atoms with Crippen LogP contribution >= 0.6 is 0 Å². The van der Waals surface area contributed by atoms with E-state index in [0.29, 0.717) is 24.8 Å². The topological polar surface area (TPSA) is 21.7 Å². The van der Waals surface area contributed by atoms with Crippen molar-refractivity contribution in [1.29, 1.82) is 0 Å². The molecular formula is C28H33NO2. The second kappa shape index (κ2) is 10.6. The SMILES string of the molecule is CCOC1CCC(c2ccc(OCc3ccccc3)cc2)N([C@H](C)c2ccccc2)C1. The molecule has 0 saturated carbocycles. The van der Waals surface area contributed by atoms with E-state index in [1.165, 1.54) is 16.7 Å². The summed E-state index contributed by atoms with van der Waals surface area (Å²) >= 11 is 0. The van der Waals surface area contributed by atoms with Gasteiger partial charge in [-0.2, -0.15) is 0 Å². The Morgan fingerprint density at radius 2 is 1.55 bits per heavy atom. The maximum atomic E-state index is 6.01.